The molecule has 0 spiro atoms. The molecule has 7 nitrogen and oxygen atoms in total. The number of carbonyl (C=O) groups is 1. The molecule has 1 N–H and O–H groups in total. The lowest BCUT2D eigenvalue weighted by Gasteiger charge is -2.08. The van der Waals surface area contributed by atoms with Gasteiger partial charge in [0.15, 0.2) is 9.84 Å². The molecule has 0 aliphatic heterocycles. The number of halogens is 1. The fourth-order valence-electron chi connectivity index (χ4n) is 2.13. The van der Waals surface area contributed by atoms with Gasteiger partial charge >= 0.3 is 0 Å². The minimum Gasteiger partial charge on any atom is -0.348 e. The molecule has 132 valence electrons. The summed E-state index contributed by atoms with van der Waals surface area (Å²) in [6.45, 7) is 0.233. The highest BCUT2D eigenvalue weighted by atomic mass is 127. The Morgan fingerprint density at radius 3 is 2.32 bits per heavy atom. The maximum absolute atomic E-state index is 12.3. The molecule has 0 saturated heterocycles. The van der Waals surface area contributed by atoms with Crippen LogP contribution in [0.15, 0.2) is 42.5 Å². The predicted octanol–water partition coefficient (Wildman–Crippen LogP) is 2.67. The molecule has 1 amide bonds. The third kappa shape index (κ3) is 5.78. The Hall–Kier alpha value is -2.01. The lowest BCUT2D eigenvalue weighted by Crippen LogP contribution is -2.23. The summed E-state index contributed by atoms with van der Waals surface area (Å²) in [5.74, 6) is -0.445. The molecule has 0 radical (unpaired) electrons. The zero-order chi connectivity index (χ0) is 18.6. The summed E-state index contributed by atoms with van der Waals surface area (Å²) >= 11 is 1.95. The molecule has 0 aliphatic rings. The first-order valence-electron chi connectivity index (χ1n) is 7.13. The molecule has 2 aromatic rings. The van der Waals surface area contributed by atoms with E-state index >= 15 is 0 Å². The number of nitro benzene ring substituents is 1. The molecule has 0 bridgehead atoms. The number of nitrogens with zero attached hydrogens (tertiary/aromatic N) is 1. The Morgan fingerprint density at radius 2 is 1.76 bits per heavy atom. The Bertz CT molecular complexity index is 911. The summed E-state index contributed by atoms with van der Waals surface area (Å²) < 4.78 is 23.1. The SMILES string of the molecule is CS(=O)(=O)Cc1ccc(CNC(=O)c2cc([N+](=O)[O-])ccc2I)cc1. The summed E-state index contributed by atoms with van der Waals surface area (Å²) in [7, 11) is -3.09. The van der Waals surface area contributed by atoms with Crippen LogP contribution in [0, 0.1) is 13.7 Å². The van der Waals surface area contributed by atoms with E-state index in [4.69, 9.17) is 0 Å². The van der Waals surface area contributed by atoms with Crippen molar-refractivity contribution in [3.05, 3.63) is 72.8 Å². The van der Waals surface area contributed by atoms with Crippen molar-refractivity contribution in [3.63, 3.8) is 0 Å². The second-order valence-electron chi connectivity index (χ2n) is 5.49. The predicted molar refractivity (Wildman–Crippen MR) is 102 cm³/mol. The number of sulfone groups is 1. The first kappa shape index (κ1) is 19.3. The Kier molecular flexibility index (Phi) is 6.11. The van der Waals surface area contributed by atoms with Crippen LogP contribution in [0.1, 0.15) is 21.5 Å². The van der Waals surface area contributed by atoms with Gasteiger partial charge in [0.25, 0.3) is 11.6 Å². The highest BCUT2D eigenvalue weighted by Crippen LogP contribution is 2.19. The smallest absolute Gasteiger partial charge is 0.270 e. The number of hydrogen-bond donors (Lipinski definition) is 1. The molecule has 0 aromatic heterocycles. The molecule has 9 heteroatoms. The standard InChI is InChI=1S/C16H15IN2O5S/c1-25(23,24)10-12-4-2-11(3-5-12)9-18-16(20)14-8-13(19(21)22)6-7-15(14)17/h2-8H,9-10H2,1H3,(H,18,20). The summed E-state index contributed by atoms with van der Waals surface area (Å²) in [5.41, 5.74) is 1.57. The third-order valence-corrected chi connectivity index (χ3v) is 5.11. The molecule has 0 atom stereocenters. The van der Waals surface area contributed by atoms with Crippen LogP contribution < -0.4 is 5.32 Å². The normalized spacial score (nSPS) is 11.1. The maximum Gasteiger partial charge on any atom is 0.270 e. The molecule has 25 heavy (non-hydrogen) atoms. The number of nitro groups is 1. The highest BCUT2D eigenvalue weighted by molar-refractivity contribution is 14.1. The second kappa shape index (κ2) is 7.91. The zero-order valence-electron chi connectivity index (χ0n) is 13.2. The van der Waals surface area contributed by atoms with Gasteiger partial charge in [-0.3, -0.25) is 14.9 Å². The first-order chi connectivity index (χ1) is 11.7. The van der Waals surface area contributed by atoms with E-state index in [-0.39, 0.29) is 23.5 Å². The molecule has 0 unspecified atom stereocenters. The van der Waals surface area contributed by atoms with Crippen LogP contribution in [0.25, 0.3) is 0 Å². The molecule has 0 saturated carbocycles. The highest BCUT2D eigenvalue weighted by Gasteiger charge is 2.15. The quantitative estimate of drug-likeness (QED) is 0.394. The fourth-order valence-corrected chi connectivity index (χ4v) is 3.51. The average molecular weight is 474 g/mol. The maximum atomic E-state index is 12.3. The Labute approximate surface area is 158 Å². The van der Waals surface area contributed by atoms with Gasteiger partial charge in [-0.25, -0.2) is 8.42 Å². The molecule has 0 aliphatic carbocycles. The van der Waals surface area contributed by atoms with Crippen LogP contribution in [0.2, 0.25) is 0 Å². The van der Waals surface area contributed by atoms with Gasteiger partial charge in [0, 0.05) is 28.5 Å². The van der Waals surface area contributed by atoms with Crippen LogP contribution in [-0.2, 0) is 22.1 Å². The number of amides is 1. The van der Waals surface area contributed by atoms with Gasteiger partial charge in [-0.05, 0) is 39.8 Å². The van der Waals surface area contributed by atoms with Gasteiger partial charge < -0.3 is 5.32 Å². The Morgan fingerprint density at radius 1 is 1.16 bits per heavy atom. The van der Waals surface area contributed by atoms with Crippen molar-refractivity contribution in [2.45, 2.75) is 12.3 Å². The van der Waals surface area contributed by atoms with Crippen molar-refractivity contribution in [2.75, 3.05) is 6.26 Å². The van der Waals surface area contributed by atoms with Crippen LogP contribution in [0.4, 0.5) is 5.69 Å². The first-order valence-corrected chi connectivity index (χ1v) is 10.3. The lowest BCUT2D eigenvalue weighted by molar-refractivity contribution is -0.384. The van der Waals surface area contributed by atoms with Gasteiger partial charge in [-0.2, -0.15) is 0 Å². The second-order valence-corrected chi connectivity index (χ2v) is 8.79. The molecular weight excluding hydrogens is 459 g/mol. The minimum atomic E-state index is -3.09. The topological polar surface area (TPSA) is 106 Å². The van der Waals surface area contributed by atoms with Crippen LogP contribution in [0.3, 0.4) is 0 Å². The van der Waals surface area contributed by atoms with Gasteiger partial charge in [0.2, 0.25) is 0 Å². The molecule has 0 heterocycles. The zero-order valence-corrected chi connectivity index (χ0v) is 16.2. The van der Waals surface area contributed by atoms with Gasteiger partial charge in [-0.15, -0.1) is 0 Å². The van der Waals surface area contributed by atoms with Crippen molar-refractivity contribution in [2.24, 2.45) is 0 Å². The van der Waals surface area contributed by atoms with Crippen LogP contribution in [0.5, 0.6) is 0 Å². The van der Waals surface area contributed by atoms with Crippen LogP contribution >= 0.6 is 22.6 Å². The number of nitrogens with one attached hydrogen (secondary N) is 1. The van der Waals surface area contributed by atoms with E-state index in [1.54, 1.807) is 24.3 Å². The van der Waals surface area contributed by atoms with E-state index in [0.717, 1.165) is 5.56 Å². The summed E-state index contributed by atoms with van der Waals surface area (Å²) in [5, 5.41) is 13.5. The number of carbonyl (C=O) groups excluding carboxylic acids is 1. The molecule has 2 rings (SSSR count). The third-order valence-electron chi connectivity index (χ3n) is 3.31. The monoisotopic (exact) mass is 474 g/mol. The fraction of sp³-hybridized carbons (Fsp3) is 0.188. The molecular formula is C16H15IN2O5S. The Balaban J connectivity index is 2.05. The number of non-ortho nitro benzene ring substituents is 1. The van der Waals surface area contributed by atoms with E-state index in [0.29, 0.717) is 9.13 Å². The number of benzene rings is 2. The van der Waals surface area contributed by atoms with Gasteiger partial charge in [0.1, 0.15) is 0 Å². The summed E-state index contributed by atoms with van der Waals surface area (Å²) in [4.78, 5) is 22.5. The van der Waals surface area contributed by atoms with E-state index in [2.05, 4.69) is 5.32 Å². The van der Waals surface area contributed by atoms with E-state index in [1.807, 2.05) is 22.6 Å². The van der Waals surface area contributed by atoms with Crippen molar-refractivity contribution >= 4 is 44.0 Å². The van der Waals surface area contributed by atoms with Crippen molar-refractivity contribution in [3.8, 4) is 0 Å². The van der Waals surface area contributed by atoms with E-state index < -0.39 is 20.7 Å². The lowest BCUT2D eigenvalue weighted by atomic mass is 10.1. The van der Waals surface area contributed by atoms with E-state index in [9.17, 15) is 23.3 Å². The van der Waals surface area contributed by atoms with E-state index in [1.165, 1.54) is 24.5 Å². The summed E-state index contributed by atoms with van der Waals surface area (Å²) in [6, 6.07) is 11.0. The van der Waals surface area contributed by atoms with Crippen LogP contribution in [-0.4, -0.2) is 25.5 Å². The molecule has 0 fully saturated rings. The van der Waals surface area contributed by atoms with Gasteiger partial charge in [0.05, 0.1) is 16.2 Å². The largest absolute Gasteiger partial charge is 0.348 e. The van der Waals surface area contributed by atoms with Crippen molar-refractivity contribution in [1.29, 1.82) is 0 Å². The van der Waals surface area contributed by atoms with Gasteiger partial charge in [-0.1, -0.05) is 24.3 Å². The minimum absolute atomic E-state index is 0.0362. The molecule has 2 aromatic carbocycles. The number of hydrogen-bond acceptors (Lipinski definition) is 5. The van der Waals surface area contributed by atoms with Crippen molar-refractivity contribution in [1.82, 2.24) is 5.32 Å². The summed E-state index contributed by atoms with van der Waals surface area (Å²) in [6.07, 6.45) is 1.17. The average Bonchev–Trinajstić information content (AvgIpc) is 2.52. The van der Waals surface area contributed by atoms with Crippen molar-refractivity contribution < 1.29 is 18.1 Å². The number of rotatable bonds is 6.